The van der Waals surface area contributed by atoms with E-state index in [4.69, 9.17) is 28.9 Å². The fraction of sp³-hybridized carbons (Fsp3) is 0.500. The first-order chi connectivity index (χ1) is 9.38. The van der Waals surface area contributed by atoms with Gasteiger partial charge in [-0.25, -0.2) is 0 Å². The van der Waals surface area contributed by atoms with Gasteiger partial charge in [-0.15, -0.1) is 0 Å². The number of hydrogen-bond donors (Lipinski definition) is 2. The maximum absolute atomic E-state index is 12.1. The fourth-order valence-corrected chi connectivity index (χ4v) is 2.77. The Kier molecular flexibility index (Phi) is 4.78. The first-order valence-electron chi connectivity index (χ1n) is 6.63. The van der Waals surface area contributed by atoms with Crippen LogP contribution in [0.25, 0.3) is 0 Å². The lowest BCUT2D eigenvalue weighted by Crippen LogP contribution is -2.37. The van der Waals surface area contributed by atoms with Crippen LogP contribution in [-0.2, 0) is 4.79 Å². The van der Waals surface area contributed by atoms with Gasteiger partial charge in [0.05, 0.1) is 22.9 Å². The maximum atomic E-state index is 12.1. The van der Waals surface area contributed by atoms with Crippen LogP contribution in [0.1, 0.15) is 19.8 Å². The van der Waals surface area contributed by atoms with Crippen LogP contribution in [0.2, 0.25) is 10.0 Å². The van der Waals surface area contributed by atoms with Gasteiger partial charge in [-0.05, 0) is 44.9 Å². The van der Waals surface area contributed by atoms with Crippen molar-refractivity contribution in [1.29, 1.82) is 0 Å². The van der Waals surface area contributed by atoms with Crippen molar-refractivity contribution in [3.63, 3.8) is 0 Å². The first-order valence-corrected chi connectivity index (χ1v) is 7.38. The summed E-state index contributed by atoms with van der Waals surface area (Å²) in [5.41, 5.74) is 6.62. The molecule has 0 bridgehead atoms. The van der Waals surface area contributed by atoms with E-state index in [-0.39, 0.29) is 5.91 Å². The number of nitrogens with zero attached hydrogens (tertiary/aromatic N) is 1. The molecule has 1 aliphatic carbocycles. The fourth-order valence-electron chi connectivity index (χ4n) is 2.21. The largest absolute Gasteiger partial charge is 0.397 e. The summed E-state index contributed by atoms with van der Waals surface area (Å²) in [6, 6.07) is 3.55. The van der Waals surface area contributed by atoms with Gasteiger partial charge in [0.2, 0.25) is 5.91 Å². The zero-order valence-corrected chi connectivity index (χ0v) is 13.1. The molecular weight excluding hydrogens is 297 g/mol. The SMILES string of the molecule is CC(C1CC1)N(C)CC(=O)Nc1c(N)cc(Cl)cc1Cl. The number of carbonyl (C=O) groups is 1. The second-order valence-corrected chi connectivity index (χ2v) is 6.24. The highest BCUT2D eigenvalue weighted by molar-refractivity contribution is 6.37. The number of carbonyl (C=O) groups excluding carboxylic acids is 1. The van der Waals surface area contributed by atoms with Crippen LogP contribution in [0.5, 0.6) is 0 Å². The van der Waals surface area contributed by atoms with Gasteiger partial charge in [0, 0.05) is 11.1 Å². The second kappa shape index (κ2) is 6.20. The topological polar surface area (TPSA) is 58.4 Å². The lowest BCUT2D eigenvalue weighted by atomic mass is 10.2. The van der Waals surface area contributed by atoms with Crippen LogP contribution in [0, 0.1) is 5.92 Å². The minimum absolute atomic E-state index is 0.129. The molecule has 4 nitrogen and oxygen atoms in total. The molecule has 1 fully saturated rings. The van der Waals surface area contributed by atoms with E-state index >= 15 is 0 Å². The number of nitrogen functional groups attached to an aromatic ring is 1. The van der Waals surface area contributed by atoms with Gasteiger partial charge in [-0.2, -0.15) is 0 Å². The molecule has 1 aliphatic rings. The standard InChI is InChI=1S/C14H19Cl2N3O/c1-8(9-3-4-9)19(2)7-13(20)18-14-11(16)5-10(15)6-12(14)17/h5-6,8-9H,3-4,7,17H2,1-2H3,(H,18,20). The summed E-state index contributed by atoms with van der Waals surface area (Å²) < 4.78 is 0. The number of anilines is 2. The molecular formula is C14H19Cl2N3O. The van der Waals surface area contributed by atoms with Crippen molar-refractivity contribution in [3.8, 4) is 0 Å². The number of hydrogen-bond acceptors (Lipinski definition) is 3. The van der Waals surface area contributed by atoms with Crippen molar-refractivity contribution in [1.82, 2.24) is 4.90 Å². The molecule has 3 N–H and O–H groups in total. The lowest BCUT2D eigenvalue weighted by molar-refractivity contribution is -0.117. The minimum Gasteiger partial charge on any atom is -0.397 e. The molecule has 1 aromatic rings. The van der Waals surface area contributed by atoms with Crippen molar-refractivity contribution in [3.05, 3.63) is 22.2 Å². The van der Waals surface area contributed by atoms with Gasteiger partial charge >= 0.3 is 0 Å². The molecule has 1 aromatic carbocycles. The minimum atomic E-state index is -0.129. The predicted octanol–water partition coefficient (Wildman–Crippen LogP) is 3.24. The molecule has 0 radical (unpaired) electrons. The van der Waals surface area contributed by atoms with Gasteiger partial charge < -0.3 is 11.1 Å². The van der Waals surface area contributed by atoms with E-state index in [0.717, 1.165) is 5.92 Å². The van der Waals surface area contributed by atoms with E-state index < -0.39 is 0 Å². The van der Waals surface area contributed by atoms with Crippen molar-refractivity contribution in [2.75, 3.05) is 24.6 Å². The molecule has 0 saturated heterocycles. The third kappa shape index (κ3) is 3.78. The van der Waals surface area contributed by atoms with E-state index in [1.165, 1.54) is 12.8 Å². The summed E-state index contributed by atoms with van der Waals surface area (Å²) in [5.74, 6) is 0.591. The normalized spacial score (nSPS) is 16.2. The van der Waals surface area contributed by atoms with Gasteiger partial charge in [-0.3, -0.25) is 9.69 Å². The first kappa shape index (κ1) is 15.4. The van der Waals surface area contributed by atoms with E-state index in [2.05, 4.69) is 12.2 Å². The molecule has 0 spiro atoms. The molecule has 6 heteroatoms. The number of halogens is 2. The summed E-state index contributed by atoms with van der Waals surface area (Å²) in [6.07, 6.45) is 2.51. The zero-order chi connectivity index (χ0) is 14.9. The third-order valence-corrected chi connectivity index (χ3v) is 4.26. The molecule has 20 heavy (non-hydrogen) atoms. The third-order valence-electron chi connectivity index (χ3n) is 3.74. The number of nitrogens with two attached hydrogens (primary N) is 1. The van der Waals surface area contributed by atoms with E-state index in [1.807, 2.05) is 11.9 Å². The molecule has 110 valence electrons. The molecule has 2 rings (SSSR count). The van der Waals surface area contributed by atoms with Crippen molar-refractivity contribution in [2.45, 2.75) is 25.8 Å². The summed E-state index contributed by atoms with van der Waals surface area (Å²) in [4.78, 5) is 14.1. The van der Waals surface area contributed by atoms with Gasteiger partial charge in [0.1, 0.15) is 0 Å². The number of benzene rings is 1. The highest BCUT2D eigenvalue weighted by Crippen LogP contribution is 2.35. The van der Waals surface area contributed by atoms with Crippen LogP contribution in [0.15, 0.2) is 12.1 Å². The molecule has 1 unspecified atom stereocenters. The predicted molar refractivity (Wildman–Crippen MR) is 84.3 cm³/mol. The Morgan fingerprint density at radius 3 is 2.70 bits per heavy atom. The lowest BCUT2D eigenvalue weighted by Gasteiger charge is -2.24. The molecule has 0 aromatic heterocycles. The number of nitrogens with one attached hydrogen (secondary N) is 1. The van der Waals surface area contributed by atoms with Crippen LogP contribution in [0.3, 0.4) is 0 Å². The molecule has 0 heterocycles. The molecule has 1 saturated carbocycles. The Labute approximate surface area is 129 Å². The van der Waals surface area contributed by atoms with E-state index in [1.54, 1.807) is 12.1 Å². The Hall–Kier alpha value is -0.970. The van der Waals surface area contributed by atoms with Crippen LogP contribution >= 0.6 is 23.2 Å². The monoisotopic (exact) mass is 315 g/mol. The average Bonchev–Trinajstić information content (AvgIpc) is 3.16. The van der Waals surface area contributed by atoms with Crippen molar-refractivity contribution >= 4 is 40.5 Å². The Morgan fingerprint density at radius 1 is 1.50 bits per heavy atom. The number of rotatable bonds is 5. The Bertz CT molecular complexity index is 494. The zero-order valence-electron chi connectivity index (χ0n) is 11.6. The molecule has 0 aliphatic heterocycles. The summed E-state index contributed by atoms with van der Waals surface area (Å²) >= 11 is 11.9. The van der Waals surface area contributed by atoms with Crippen molar-refractivity contribution in [2.24, 2.45) is 5.92 Å². The summed E-state index contributed by atoms with van der Waals surface area (Å²) in [6.45, 7) is 2.46. The number of amides is 1. The van der Waals surface area contributed by atoms with Gasteiger partial charge in [-0.1, -0.05) is 23.2 Å². The van der Waals surface area contributed by atoms with Gasteiger partial charge in [0.15, 0.2) is 0 Å². The summed E-state index contributed by atoms with van der Waals surface area (Å²) in [7, 11) is 1.95. The van der Waals surface area contributed by atoms with Crippen LogP contribution < -0.4 is 11.1 Å². The average molecular weight is 316 g/mol. The smallest absolute Gasteiger partial charge is 0.238 e. The van der Waals surface area contributed by atoms with Gasteiger partial charge in [0.25, 0.3) is 0 Å². The van der Waals surface area contributed by atoms with Crippen LogP contribution in [-0.4, -0.2) is 30.4 Å². The maximum Gasteiger partial charge on any atom is 0.238 e. The molecule has 1 atom stereocenters. The highest BCUT2D eigenvalue weighted by atomic mass is 35.5. The van der Waals surface area contributed by atoms with E-state index in [0.29, 0.717) is 34.0 Å². The van der Waals surface area contributed by atoms with Crippen LogP contribution in [0.4, 0.5) is 11.4 Å². The highest BCUT2D eigenvalue weighted by Gasteiger charge is 2.31. The molecule has 1 amide bonds. The number of likely N-dealkylation sites (N-methyl/N-ethyl adjacent to an activating group) is 1. The second-order valence-electron chi connectivity index (χ2n) is 5.39. The summed E-state index contributed by atoms with van der Waals surface area (Å²) in [5, 5.41) is 3.55. The van der Waals surface area contributed by atoms with Crippen molar-refractivity contribution < 1.29 is 4.79 Å². The Morgan fingerprint density at radius 2 is 2.15 bits per heavy atom. The Balaban J connectivity index is 1.97. The van der Waals surface area contributed by atoms with E-state index in [9.17, 15) is 4.79 Å². The quantitative estimate of drug-likeness (QED) is 0.820.